The summed E-state index contributed by atoms with van der Waals surface area (Å²) < 4.78 is 10.8. The maximum Gasteiger partial charge on any atom is 0.307 e. The van der Waals surface area contributed by atoms with Crippen LogP contribution in [0.4, 0.5) is 0 Å². The lowest BCUT2D eigenvalue weighted by Gasteiger charge is -2.24. The van der Waals surface area contributed by atoms with Crippen molar-refractivity contribution >= 4 is 5.97 Å². The number of aliphatic carboxylic acids is 1. The molecule has 0 heterocycles. The largest absolute Gasteiger partial charge is 0.493 e. The summed E-state index contributed by atoms with van der Waals surface area (Å²) in [6.45, 7) is 0. The molecule has 0 bridgehead atoms. The Kier molecular flexibility index (Phi) is 8.90. The Labute approximate surface area is 195 Å². The minimum atomic E-state index is -0.842. The van der Waals surface area contributed by atoms with Crippen LogP contribution in [0.1, 0.15) is 41.2 Å². The van der Waals surface area contributed by atoms with Gasteiger partial charge in [0.1, 0.15) is 0 Å². The van der Waals surface area contributed by atoms with Crippen LogP contribution in [-0.4, -0.2) is 30.4 Å². The lowest BCUT2D eigenvalue weighted by Crippen LogP contribution is -2.16. The summed E-state index contributed by atoms with van der Waals surface area (Å²) in [7, 11) is 3.18. The first-order valence-electron chi connectivity index (χ1n) is 11.2. The third-order valence-corrected chi connectivity index (χ3v) is 5.96. The van der Waals surface area contributed by atoms with Gasteiger partial charge in [0.25, 0.3) is 0 Å². The van der Waals surface area contributed by atoms with Crippen molar-refractivity contribution < 1.29 is 24.5 Å². The smallest absolute Gasteiger partial charge is 0.307 e. The minimum absolute atomic E-state index is 0.00265. The van der Waals surface area contributed by atoms with Crippen LogP contribution < -0.4 is 9.47 Å². The number of ether oxygens (including phenoxy) is 2. The van der Waals surface area contributed by atoms with E-state index in [-0.39, 0.29) is 12.3 Å². The number of carboxylic acids is 1. The fourth-order valence-electron chi connectivity index (χ4n) is 4.16. The SMILES string of the molecule is COc1ccc(C(O)[C@H](CCCc2ccccc2)Cc2ccc(CC(=O)O)cc2)cc1OC. The molecular weight excluding hydrogens is 416 g/mol. The predicted molar refractivity (Wildman–Crippen MR) is 129 cm³/mol. The summed E-state index contributed by atoms with van der Waals surface area (Å²) >= 11 is 0. The van der Waals surface area contributed by atoms with Gasteiger partial charge >= 0.3 is 5.97 Å². The fourth-order valence-corrected chi connectivity index (χ4v) is 4.16. The number of rotatable bonds is 12. The maximum atomic E-state index is 11.3. The number of benzene rings is 3. The zero-order valence-corrected chi connectivity index (χ0v) is 19.2. The fraction of sp³-hybridized carbons (Fsp3) is 0.321. The van der Waals surface area contributed by atoms with Crippen LogP contribution in [-0.2, 0) is 24.1 Å². The second-order valence-corrected chi connectivity index (χ2v) is 8.29. The van der Waals surface area contributed by atoms with Gasteiger partial charge in [0.2, 0.25) is 0 Å². The van der Waals surface area contributed by atoms with Crippen molar-refractivity contribution in [3.05, 3.63) is 95.1 Å². The van der Waals surface area contributed by atoms with Gasteiger partial charge in [-0.2, -0.15) is 0 Å². The van der Waals surface area contributed by atoms with E-state index < -0.39 is 12.1 Å². The number of carbonyl (C=O) groups is 1. The molecule has 0 spiro atoms. The van der Waals surface area contributed by atoms with E-state index in [4.69, 9.17) is 14.6 Å². The third kappa shape index (κ3) is 7.09. The van der Waals surface area contributed by atoms with E-state index in [9.17, 15) is 9.90 Å². The zero-order chi connectivity index (χ0) is 23.6. The van der Waals surface area contributed by atoms with Gasteiger partial charge < -0.3 is 19.7 Å². The van der Waals surface area contributed by atoms with Gasteiger partial charge in [0.15, 0.2) is 11.5 Å². The molecule has 2 N–H and O–H groups in total. The standard InChI is InChI=1S/C28H32O5/c1-32-25-16-15-24(19-26(25)33-2)28(31)23(10-6-9-20-7-4-3-5-8-20)17-21-11-13-22(14-12-21)18-27(29)30/h3-5,7-8,11-16,19,23,28,31H,6,9-10,17-18H2,1-2H3,(H,29,30)/t23-,28?/m1/s1. The summed E-state index contributed by atoms with van der Waals surface area (Å²) in [5.41, 5.74) is 3.93. The van der Waals surface area contributed by atoms with Crippen molar-refractivity contribution in [3.63, 3.8) is 0 Å². The van der Waals surface area contributed by atoms with E-state index in [1.807, 2.05) is 60.7 Å². The molecule has 5 heteroatoms. The van der Waals surface area contributed by atoms with Crippen LogP contribution in [0.3, 0.4) is 0 Å². The number of hydrogen-bond donors (Lipinski definition) is 2. The Balaban J connectivity index is 1.77. The van der Waals surface area contributed by atoms with Crippen LogP contribution in [0.15, 0.2) is 72.8 Å². The second-order valence-electron chi connectivity index (χ2n) is 8.29. The molecule has 5 nitrogen and oxygen atoms in total. The van der Waals surface area contributed by atoms with Gasteiger partial charge in [-0.05, 0) is 66.0 Å². The lowest BCUT2D eigenvalue weighted by atomic mass is 9.85. The second kappa shape index (κ2) is 12.1. The van der Waals surface area contributed by atoms with Crippen molar-refractivity contribution in [2.45, 2.75) is 38.2 Å². The highest BCUT2D eigenvalue weighted by Crippen LogP contribution is 2.35. The number of methoxy groups -OCH3 is 2. The molecule has 0 aromatic heterocycles. The zero-order valence-electron chi connectivity index (χ0n) is 19.2. The Morgan fingerprint density at radius 2 is 1.52 bits per heavy atom. The molecule has 0 aliphatic carbocycles. The van der Waals surface area contributed by atoms with Crippen LogP contribution in [0.5, 0.6) is 11.5 Å². The number of hydrogen-bond acceptors (Lipinski definition) is 4. The molecule has 3 aromatic rings. The topological polar surface area (TPSA) is 76.0 Å². The van der Waals surface area contributed by atoms with Gasteiger partial charge in [-0.3, -0.25) is 4.79 Å². The van der Waals surface area contributed by atoms with E-state index in [1.165, 1.54) is 5.56 Å². The highest BCUT2D eigenvalue weighted by molar-refractivity contribution is 5.70. The number of aryl methyl sites for hydroxylation is 1. The lowest BCUT2D eigenvalue weighted by molar-refractivity contribution is -0.136. The van der Waals surface area contributed by atoms with E-state index in [0.717, 1.165) is 36.0 Å². The van der Waals surface area contributed by atoms with Crippen molar-refractivity contribution in [1.82, 2.24) is 0 Å². The quantitative estimate of drug-likeness (QED) is 0.396. The summed E-state index contributed by atoms with van der Waals surface area (Å²) in [5.74, 6) is 0.376. The van der Waals surface area contributed by atoms with Crippen LogP contribution in [0, 0.1) is 5.92 Å². The van der Waals surface area contributed by atoms with Gasteiger partial charge in [-0.25, -0.2) is 0 Å². The molecule has 0 radical (unpaired) electrons. The first-order valence-corrected chi connectivity index (χ1v) is 11.2. The number of aliphatic hydroxyl groups is 1. The first-order chi connectivity index (χ1) is 16.0. The van der Waals surface area contributed by atoms with Gasteiger partial charge in [-0.1, -0.05) is 60.7 Å². The molecule has 0 amide bonds. The molecular formula is C28H32O5. The molecule has 33 heavy (non-hydrogen) atoms. The molecule has 174 valence electrons. The number of carboxylic acid groups (broad SMARTS) is 1. The van der Waals surface area contributed by atoms with E-state index in [1.54, 1.807) is 14.2 Å². The Morgan fingerprint density at radius 3 is 2.15 bits per heavy atom. The Bertz CT molecular complexity index is 1010. The molecule has 3 rings (SSSR count). The predicted octanol–water partition coefficient (Wildman–Crippen LogP) is 5.25. The molecule has 0 aliphatic rings. The monoisotopic (exact) mass is 448 g/mol. The van der Waals surface area contributed by atoms with E-state index >= 15 is 0 Å². The van der Waals surface area contributed by atoms with Gasteiger partial charge in [0, 0.05) is 0 Å². The molecule has 0 fully saturated rings. The minimum Gasteiger partial charge on any atom is -0.493 e. The third-order valence-electron chi connectivity index (χ3n) is 5.96. The Morgan fingerprint density at radius 1 is 0.848 bits per heavy atom. The highest BCUT2D eigenvalue weighted by Gasteiger charge is 2.23. The summed E-state index contributed by atoms with van der Waals surface area (Å²) in [5, 5.41) is 20.3. The van der Waals surface area contributed by atoms with Crippen LogP contribution in [0.25, 0.3) is 0 Å². The highest BCUT2D eigenvalue weighted by atomic mass is 16.5. The maximum absolute atomic E-state index is 11.3. The summed E-state index contributed by atoms with van der Waals surface area (Å²) in [6.07, 6.45) is 2.79. The molecule has 0 aliphatic heterocycles. The van der Waals surface area contributed by atoms with Gasteiger partial charge in [-0.15, -0.1) is 0 Å². The molecule has 2 atom stereocenters. The van der Waals surface area contributed by atoms with Crippen molar-refractivity contribution in [1.29, 1.82) is 0 Å². The average Bonchev–Trinajstić information content (AvgIpc) is 2.84. The van der Waals surface area contributed by atoms with Crippen molar-refractivity contribution in [3.8, 4) is 11.5 Å². The van der Waals surface area contributed by atoms with E-state index in [0.29, 0.717) is 17.9 Å². The Hall–Kier alpha value is -3.31. The van der Waals surface area contributed by atoms with Crippen LogP contribution in [0.2, 0.25) is 0 Å². The summed E-state index contributed by atoms with van der Waals surface area (Å²) in [4.78, 5) is 11.0. The summed E-state index contributed by atoms with van der Waals surface area (Å²) in [6, 6.07) is 23.5. The van der Waals surface area contributed by atoms with E-state index in [2.05, 4.69) is 12.1 Å². The molecule has 0 saturated carbocycles. The molecule has 0 saturated heterocycles. The molecule has 3 aromatic carbocycles. The first kappa shape index (κ1) is 24.3. The van der Waals surface area contributed by atoms with Gasteiger partial charge in [0.05, 0.1) is 26.7 Å². The number of aliphatic hydroxyl groups excluding tert-OH is 1. The van der Waals surface area contributed by atoms with Crippen molar-refractivity contribution in [2.75, 3.05) is 14.2 Å². The van der Waals surface area contributed by atoms with Crippen molar-refractivity contribution in [2.24, 2.45) is 5.92 Å². The normalized spacial score (nSPS) is 12.7. The average molecular weight is 449 g/mol. The van der Waals surface area contributed by atoms with Crippen LogP contribution >= 0.6 is 0 Å². The molecule has 1 unspecified atom stereocenters.